The second kappa shape index (κ2) is 5.50. The molecule has 0 aliphatic heterocycles. The highest BCUT2D eigenvalue weighted by atomic mass is 35.5. The summed E-state index contributed by atoms with van der Waals surface area (Å²) >= 11 is 5.73. The van der Waals surface area contributed by atoms with Crippen LogP contribution in [0.3, 0.4) is 0 Å². The molecule has 0 spiro atoms. The molecule has 2 rings (SSSR count). The number of rotatable bonds is 3. The number of nitrogens with zero attached hydrogens (tertiary/aromatic N) is 3. The first-order valence-electron chi connectivity index (χ1n) is 5.19. The van der Waals surface area contributed by atoms with Gasteiger partial charge >= 0.3 is 6.16 Å². The Labute approximate surface area is 108 Å². The Balaban J connectivity index is 2.10. The Morgan fingerprint density at radius 3 is 2.94 bits per heavy atom. The van der Waals surface area contributed by atoms with Gasteiger partial charge in [0.2, 0.25) is 5.88 Å². The van der Waals surface area contributed by atoms with Crippen molar-refractivity contribution in [2.24, 2.45) is 0 Å². The number of ether oxygens (including phenoxy) is 2. The Hall–Kier alpha value is -2.08. The van der Waals surface area contributed by atoms with Gasteiger partial charge in [-0.1, -0.05) is 11.6 Å². The molecule has 0 bridgehead atoms. The monoisotopic (exact) mass is 267 g/mol. The van der Waals surface area contributed by atoms with Gasteiger partial charge in [0.05, 0.1) is 17.8 Å². The highest BCUT2D eigenvalue weighted by molar-refractivity contribution is 6.30. The van der Waals surface area contributed by atoms with Gasteiger partial charge in [-0.15, -0.1) is 0 Å². The van der Waals surface area contributed by atoms with E-state index in [2.05, 4.69) is 14.7 Å². The third-order valence-electron chi connectivity index (χ3n) is 1.99. The minimum absolute atomic E-state index is 0.144. The van der Waals surface area contributed by atoms with Crippen LogP contribution in [-0.4, -0.2) is 27.3 Å². The van der Waals surface area contributed by atoms with Gasteiger partial charge in [0.15, 0.2) is 0 Å². The predicted octanol–water partition coefficient (Wildman–Crippen LogP) is 2.46. The molecule has 2 aromatic rings. The van der Waals surface area contributed by atoms with Crippen molar-refractivity contribution in [3.63, 3.8) is 0 Å². The summed E-state index contributed by atoms with van der Waals surface area (Å²) < 4.78 is 11.1. The lowest BCUT2D eigenvalue weighted by atomic mass is 10.4. The van der Waals surface area contributed by atoms with E-state index < -0.39 is 6.16 Å². The average molecular weight is 268 g/mol. The summed E-state index contributed by atoms with van der Waals surface area (Å²) in [6.45, 7) is 1.94. The van der Waals surface area contributed by atoms with Gasteiger partial charge in [-0.25, -0.2) is 14.8 Å². The van der Waals surface area contributed by atoms with Crippen LogP contribution in [0.15, 0.2) is 30.9 Å². The number of carbonyl (C=O) groups is 1. The van der Waals surface area contributed by atoms with E-state index in [0.29, 0.717) is 10.8 Å². The first-order chi connectivity index (χ1) is 8.69. The van der Waals surface area contributed by atoms with Crippen LogP contribution in [0.4, 0.5) is 4.79 Å². The Morgan fingerprint density at radius 2 is 2.28 bits per heavy atom. The molecule has 7 heteroatoms. The van der Waals surface area contributed by atoms with Gasteiger partial charge in [-0.05, 0) is 19.1 Å². The molecule has 0 fully saturated rings. The minimum Gasteiger partial charge on any atom is -0.434 e. The first kappa shape index (κ1) is 12.4. The fraction of sp³-hybridized carbons (Fsp3) is 0.182. The molecular formula is C11H10ClN3O3. The molecule has 0 amide bonds. The Bertz CT molecular complexity index is 539. The number of pyridine rings is 1. The third-order valence-corrected chi connectivity index (χ3v) is 2.21. The van der Waals surface area contributed by atoms with Crippen LogP contribution in [0.1, 0.15) is 6.92 Å². The number of hydrogen-bond donors (Lipinski definition) is 0. The largest absolute Gasteiger partial charge is 0.515 e. The zero-order chi connectivity index (χ0) is 13.0. The molecule has 0 saturated heterocycles. The molecule has 0 saturated carbocycles. The maximum Gasteiger partial charge on any atom is 0.515 e. The summed E-state index contributed by atoms with van der Waals surface area (Å²) in [6.07, 6.45) is 3.73. The summed E-state index contributed by atoms with van der Waals surface area (Å²) in [7, 11) is 0. The molecule has 6 nitrogen and oxygen atoms in total. The second-order valence-electron chi connectivity index (χ2n) is 3.24. The number of carbonyl (C=O) groups excluding carboxylic acids is 1. The van der Waals surface area contributed by atoms with Crippen molar-refractivity contribution in [3.8, 4) is 11.7 Å². The van der Waals surface area contributed by atoms with Crippen LogP contribution >= 0.6 is 11.6 Å². The standard InChI is InChI=1S/C11H10ClN3O3/c1-2-17-11(16)18-10-6-15(7-14-10)9-4-3-8(12)5-13-9/h3-7H,2H2,1H3. The highest BCUT2D eigenvalue weighted by Gasteiger charge is 2.08. The number of hydrogen-bond acceptors (Lipinski definition) is 5. The van der Waals surface area contributed by atoms with Gasteiger partial charge in [-0.2, -0.15) is 0 Å². The van der Waals surface area contributed by atoms with Crippen molar-refractivity contribution >= 4 is 17.8 Å². The van der Waals surface area contributed by atoms with Gasteiger partial charge in [0.25, 0.3) is 0 Å². The molecule has 2 heterocycles. The van der Waals surface area contributed by atoms with Crippen molar-refractivity contribution in [1.29, 1.82) is 0 Å². The number of aromatic nitrogens is 3. The fourth-order valence-electron chi connectivity index (χ4n) is 1.24. The van der Waals surface area contributed by atoms with Crippen LogP contribution in [-0.2, 0) is 4.74 Å². The van der Waals surface area contributed by atoms with Crippen molar-refractivity contribution in [2.45, 2.75) is 6.92 Å². The van der Waals surface area contributed by atoms with Crippen LogP contribution in [0.2, 0.25) is 5.02 Å². The van der Waals surface area contributed by atoms with Crippen LogP contribution in [0, 0.1) is 0 Å². The number of imidazole rings is 1. The lowest BCUT2D eigenvalue weighted by molar-refractivity contribution is 0.103. The molecule has 0 aromatic carbocycles. The zero-order valence-corrected chi connectivity index (χ0v) is 10.3. The molecule has 0 aliphatic rings. The molecular weight excluding hydrogens is 258 g/mol. The van der Waals surface area contributed by atoms with E-state index in [9.17, 15) is 4.79 Å². The highest BCUT2D eigenvalue weighted by Crippen LogP contribution is 2.13. The lowest BCUT2D eigenvalue weighted by Gasteiger charge is -2.00. The zero-order valence-electron chi connectivity index (χ0n) is 9.54. The van der Waals surface area contributed by atoms with Gasteiger partial charge in [-0.3, -0.25) is 4.57 Å². The summed E-state index contributed by atoms with van der Waals surface area (Å²) in [5.74, 6) is 0.760. The normalized spacial score (nSPS) is 10.1. The fourth-order valence-corrected chi connectivity index (χ4v) is 1.35. The van der Waals surface area contributed by atoms with Crippen LogP contribution in [0.5, 0.6) is 5.88 Å². The van der Waals surface area contributed by atoms with E-state index in [1.54, 1.807) is 23.6 Å². The molecule has 0 atom stereocenters. The van der Waals surface area contributed by atoms with Crippen molar-refractivity contribution in [2.75, 3.05) is 6.61 Å². The van der Waals surface area contributed by atoms with Gasteiger partial charge in [0.1, 0.15) is 12.1 Å². The molecule has 94 valence electrons. The van der Waals surface area contributed by atoms with Crippen molar-refractivity contribution in [3.05, 3.63) is 35.9 Å². The molecule has 2 aromatic heterocycles. The van der Waals surface area contributed by atoms with Gasteiger partial charge < -0.3 is 9.47 Å². The smallest absolute Gasteiger partial charge is 0.434 e. The summed E-state index contributed by atoms with van der Waals surface area (Å²) in [6, 6.07) is 3.42. The second-order valence-corrected chi connectivity index (χ2v) is 3.68. The molecule has 18 heavy (non-hydrogen) atoms. The summed E-state index contributed by atoms with van der Waals surface area (Å²) in [4.78, 5) is 19.1. The van der Waals surface area contributed by atoms with E-state index in [0.717, 1.165) is 0 Å². The van der Waals surface area contributed by atoms with Crippen molar-refractivity contribution < 1.29 is 14.3 Å². The summed E-state index contributed by atoms with van der Waals surface area (Å²) in [5.41, 5.74) is 0. The third kappa shape index (κ3) is 2.98. The van der Waals surface area contributed by atoms with E-state index in [1.807, 2.05) is 0 Å². The average Bonchev–Trinajstić information content (AvgIpc) is 2.78. The maximum atomic E-state index is 11.1. The molecule has 0 radical (unpaired) electrons. The summed E-state index contributed by atoms with van der Waals surface area (Å²) in [5, 5.41) is 0.543. The Kier molecular flexibility index (Phi) is 3.78. The predicted molar refractivity (Wildman–Crippen MR) is 64.0 cm³/mol. The van der Waals surface area contributed by atoms with Crippen LogP contribution in [0.25, 0.3) is 5.82 Å². The molecule has 0 N–H and O–H groups in total. The topological polar surface area (TPSA) is 66.2 Å². The SMILES string of the molecule is CCOC(=O)Oc1cn(-c2ccc(Cl)cn2)cn1. The lowest BCUT2D eigenvalue weighted by Crippen LogP contribution is -2.10. The quantitative estimate of drug-likeness (QED) is 0.799. The minimum atomic E-state index is -0.785. The maximum absolute atomic E-state index is 11.1. The molecule has 0 aliphatic carbocycles. The number of halogens is 1. The van der Waals surface area contributed by atoms with E-state index >= 15 is 0 Å². The van der Waals surface area contributed by atoms with Crippen LogP contribution < -0.4 is 4.74 Å². The Morgan fingerprint density at radius 1 is 1.44 bits per heavy atom. The first-order valence-corrected chi connectivity index (χ1v) is 5.57. The van der Waals surface area contributed by atoms with E-state index in [4.69, 9.17) is 16.3 Å². The molecule has 0 unspecified atom stereocenters. The van der Waals surface area contributed by atoms with Gasteiger partial charge in [0, 0.05) is 6.20 Å². The van der Waals surface area contributed by atoms with E-state index in [-0.39, 0.29) is 12.5 Å². The van der Waals surface area contributed by atoms with Crippen molar-refractivity contribution in [1.82, 2.24) is 14.5 Å². The van der Waals surface area contributed by atoms with E-state index in [1.165, 1.54) is 18.7 Å².